The maximum atomic E-state index is 13.0. The number of carbonyl (C=O) groups excluding carboxylic acids is 2. The Labute approximate surface area is 172 Å². The zero-order valence-corrected chi connectivity index (χ0v) is 17.0. The van der Waals surface area contributed by atoms with Gasteiger partial charge in [-0.1, -0.05) is 13.8 Å². The van der Waals surface area contributed by atoms with Gasteiger partial charge in [-0.15, -0.1) is 0 Å². The summed E-state index contributed by atoms with van der Waals surface area (Å²) < 4.78 is 38.3. The summed E-state index contributed by atoms with van der Waals surface area (Å²) in [7, 11) is 0. The van der Waals surface area contributed by atoms with Gasteiger partial charge in [-0.3, -0.25) is 14.7 Å². The Morgan fingerprint density at radius 2 is 1.97 bits per heavy atom. The molecular formula is C21H23F3N4O2. The molecule has 2 aromatic rings. The fourth-order valence-electron chi connectivity index (χ4n) is 3.49. The van der Waals surface area contributed by atoms with Gasteiger partial charge in [0.1, 0.15) is 5.69 Å². The van der Waals surface area contributed by atoms with Crippen LogP contribution in [0.2, 0.25) is 0 Å². The molecule has 3 rings (SSSR count). The number of anilines is 1. The van der Waals surface area contributed by atoms with Crippen molar-refractivity contribution in [2.45, 2.75) is 39.4 Å². The van der Waals surface area contributed by atoms with Crippen molar-refractivity contribution in [2.75, 3.05) is 18.0 Å². The molecule has 0 saturated carbocycles. The molecule has 0 spiro atoms. The summed E-state index contributed by atoms with van der Waals surface area (Å²) in [5.41, 5.74) is 0.882. The molecule has 0 unspecified atom stereocenters. The number of alkyl halides is 3. The molecule has 2 aromatic heterocycles. The molecule has 0 radical (unpaired) electrons. The van der Waals surface area contributed by atoms with Crippen LogP contribution in [0.1, 0.15) is 30.8 Å². The van der Waals surface area contributed by atoms with E-state index in [1.165, 1.54) is 15.9 Å². The number of pyridine rings is 2. The molecule has 1 aliphatic rings. The first-order valence-corrected chi connectivity index (χ1v) is 9.61. The van der Waals surface area contributed by atoms with Gasteiger partial charge >= 0.3 is 12.2 Å². The smallest absolute Gasteiger partial charge is 0.312 e. The molecule has 1 fully saturated rings. The average Bonchev–Trinajstić information content (AvgIpc) is 2.98. The minimum atomic E-state index is -4.55. The number of aromatic nitrogens is 2. The maximum Gasteiger partial charge on any atom is 0.433 e. The SMILES string of the molecule is Cc1ccnc(CC(=O)CN2C(=O)N(c3ccc(C(F)(F)F)nc3)C[C@@H]2C(C)C)c1. The van der Waals surface area contributed by atoms with Gasteiger partial charge in [0.05, 0.1) is 30.9 Å². The molecule has 1 saturated heterocycles. The van der Waals surface area contributed by atoms with E-state index in [0.29, 0.717) is 5.69 Å². The van der Waals surface area contributed by atoms with Crippen LogP contribution in [-0.2, 0) is 17.4 Å². The van der Waals surface area contributed by atoms with Crippen molar-refractivity contribution in [2.24, 2.45) is 5.92 Å². The molecule has 9 heteroatoms. The summed E-state index contributed by atoms with van der Waals surface area (Å²) in [4.78, 5) is 36.1. The molecule has 0 bridgehead atoms. The van der Waals surface area contributed by atoms with Gasteiger partial charge in [-0.2, -0.15) is 13.2 Å². The van der Waals surface area contributed by atoms with Crippen molar-refractivity contribution in [3.63, 3.8) is 0 Å². The van der Waals surface area contributed by atoms with E-state index < -0.39 is 17.9 Å². The van der Waals surface area contributed by atoms with E-state index in [2.05, 4.69) is 9.97 Å². The van der Waals surface area contributed by atoms with Crippen molar-refractivity contribution in [1.29, 1.82) is 0 Å². The number of urea groups is 1. The number of carbonyl (C=O) groups is 2. The predicted octanol–water partition coefficient (Wildman–Crippen LogP) is 3.88. The molecule has 1 aliphatic heterocycles. The van der Waals surface area contributed by atoms with Crippen LogP contribution < -0.4 is 4.90 Å². The number of hydrogen-bond donors (Lipinski definition) is 0. The highest BCUT2D eigenvalue weighted by molar-refractivity contribution is 5.97. The average molecular weight is 420 g/mol. The third-order valence-electron chi connectivity index (χ3n) is 5.06. The standard InChI is InChI=1S/C21H23F3N4O2/c1-13(2)18-12-27(16-4-5-19(26-10-16)21(22,23)24)20(30)28(18)11-17(29)9-15-8-14(3)6-7-25-15/h4-8,10,13,18H,9,11-12H2,1-3H3/t18-/m1/s1. The summed E-state index contributed by atoms with van der Waals surface area (Å²) >= 11 is 0. The summed E-state index contributed by atoms with van der Waals surface area (Å²) in [6.45, 7) is 5.98. The lowest BCUT2D eigenvalue weighted by molar-refractivity contribution is -0.141. The molecule has 30 heavy (non-hydrogen) atoms. The van der Waals surface area contributed by atoms with E-state index in [0.717, 1.165) is 17.8 Å². The highest BCUT2D eigenvalue weighted by atomic mass is 19.4. The third kappa shape index (κ3) is 4.77. The van der Waals surface area contributed by atoms with Crippen LogP contribution in [-0.4, -0.2) is 45.8 Å². The number of nitrogens with zero attached hydrogens (tertiary/aromatic N) is 4. The first-order valence-electron chi connectivity index (χ1n) is 9.61. The Morgan fingerprint density at radius 3 is 2.53 bits per heavy atom. The normalized spacial score (nSPS) is 17.2. The number of ketones is 1. The highest BCUT2D eigenvalue weighted by Gasteiger charge is 2.41. The van der Waals surface area contributed by atoms with Gasteiger partial charge in [-0.05, 0) is 42.7 Å². The fraction of sp³-hybridized carbons (Fsp3) is 0.429. The van der Waals surface area contributed by atoms with Gasteiger partial charge in [0, 0.05) is 18.4 Å². The van der Waals surface area contributed by atoms with Gasteiger partial charge < -0.3 is 4.90 Å². The van der Waals surface area contributed by atoms with Crippen molar-refractivity contribution in [3.8, 4) is 0 Å². The fourth-order valence-corrected chi connectivity index (χ4v) is 3.49. The number of amides is 2. The van der Waals surface area contributed by atoms with Crippen LogP contribution in [0.4, 0.5) is 23.7 Å². The summed E-state index contributed by atoms with van der Waals surface area (Å²) in [6.07, 6.45) is -1.76. The number of aryl methyl sites for hydroxylation is 1. The van der Waals surface area contributed by atoms with Gasteiger partial charge in [-0.25, -0.2) is 9.78 Å². The molecule has 1 atom stereocenters. The Hall–Kier alpha value is -2.97. The number of rotatable bonds is 6. The lowest BCUT2D eigenvalue weighted by Crippen LogP contribution is -2.41. The van der Waals surface area contributed by atoms with E-state index in [-0.39, 0.29) is 42.9 Å². The monoisotopic (exact) mass is 420 g/mol. The van der Waals surface area contributed by atoms with Gasteiger partial charge in [0.25, 0.3) is 0 Å². The Balaban J connectivity index is 1.75. The highest BCUT2D eigenvalue weighted by Crippen LogP contribution is 2.31. The lowest BCUT2D eigenvalue weighted by Gasteiger charge is -2.25. The van der Waals surface area contributed by atoms with Crippen LogP contribution in [0.25, 0.3) is 0 Å². The van der Waals surface area contributed by atoms with E-state index >= 15 is 0 Å². The van der Waals surface area contributed by atoms with Crippen molar-refractivity contribution in [1.82, 2.24) is 14.9 Å². The van der Waals surface area contributed by atoms with E-state index in [9.17, 15) is 22.8 Å². The zero-order valence-electron chi connectivity index (χ0n) is 17.0. The second kappa shape index (κ2) is 8.41. The Kier molecular flexibility index (Phi) is 6.09. The maximum absolute atomic E-state index is 13.0. The van der Waals surface area contributed by atoms with Gasteiger partial charge in [0.15, 0.2) is 5.78 Å². The van der Waals surface area contributed by atoms with Crippen LogP contribution >= 0.6 is 0 Å². The first kappa shape index (κ1) is 21.7. The summed E-state index contributed by atoms with van der Waals surface area (Å²) in [6, 6.07) is 5.08. The molecule has 3 heterocycles. The molecule has 0 N–H and O–H groups in total. The zero-order chi connectivity index (χ0) is 22.1. The minimum Gasteiger partial charge on any atom is -0.312 e. The van der Waals surface area contributed by atoms with E-state index in [1.54, 1.807) is 6.20 Å². The van der Waals surface area contributed by atoms with Crippen LogP contribution in [0.3, 0.4) is 0 Å². The largest absolute Gasteiger partial charge is 0.433 e. The van der Waals surface area contributed by atoms with Crippen molar-refractivity contribution >= 4 is 17.5 Å². The Bertz CT molecular complexity index is 929. The molecule has 0 aliphatic carbocycles. The van der Waals surface area contributed by atoms with E-state index in [4.69, 9.17) is 0 Å². The number of halogens is 3. The third-order valence-corrected chi connectivity index (χ3v) is 5.06. The van der Waals surface area contributed by atoms with E-state index in [1.807, 2.05) is 32.9 Å². The number of Topliss-reactive ketones (excluding diaryl/α,β-unsaturated/α-hetero) is 1. The molecule has 0 aromatic carbocycles. The van der Waals surface area contributed by atoms with Crippen LogP contribution in [0, 0.1) is 12.8 Å². The topological polar surface area (TPSA) is 66.4 Å². The molecule has 2 amide bonds. The second-order valence-electron chi connectivity index (χ2n) is 7.77. The first-order chi connectivity index (χ1) is 14.1. The predicted molar refractivity (Wildman–Crippen MR) is 105 cm³/mol. The van der Waals surface area contributed by atoms with Crippen molar-refractivity contribution < 1.29 is 22.8 Å². The summed E-state index contributed by atoms with van der Waals surface area (Å²) in [5.74, 6) is -0.0919. The number of hydrogen-bond acceptors (Lipinski definition) is 4. The second-order valence-corrected chi connectivity index (χ2v) is 7.77. The molecular weight excluding hydrogens is 397 g/mol. The Morgan fingerprint density at radius 1 is 1.23 bits per heavy atom. The quantitative estimate of drug-likeness (QED) is 0.711. The van der Waals surface area contributed by atoms with Crippen LogP contribution in [0.15, 0.2) is 36.7 Å². The lowest BCUT2D eigenvalue weighted by atomic mass is 10.0. The van der Waals surface area contributed by atoms with Crippen LogP contribution in [0.5, 0.6) is 0 Å². The minimum absolute atomic E-state index is 0.0613. The molecule has 6 nitrogen and oxygen atoms in total. The summed E-state index contributed by atoms with van der Waals surface area (Å²) in [5, 5.41) is 0. The van der Waals surface area contributed by atoms with Crippen molar-refractivity contribution in [3.05, 3.63) is 53.6 Å². The van der Waals surface area contributed by atoms with Gasteiger partial charge in [0.2, 0.25) is 0 Å². The molecule has 160 valence electrons.